The van der Waals surface area contributed by atoms with Crippen molar-refractivity contribution >= 4 is 38.6 Å². The predicted octanol–water partition coefficient (Wildman–Crippen LogP) is 6.43. The highest BCUT2D eigenvalue weighted by Crippen LogP contribution is 2.41. The third kappa shape index (κ3) is 5.96. The summed E-state index contributed by atoms with van der Waals surface area (Å²) >= 11 is 5.81. The maximum Gasteiger partial charge on any atom is 0.417 e. The topological polar surface area (TPSA) is 73.3 Å². The average Bonchev–Trinajstić information content (AvgIpc) is 2.71. The Morgan fingerprint density at radius 1 is 1.12 bits per heavy atom. The van der Waals surface area contributed by atoms with Crippen LogP contribution in [0.4, 0.5) is 37.7 Å². The SMILES string of the molecule is CS(=N)(=O)c1cccc(NC(=O)c2cc(Cl)c(C(F)(F)F)cc2N2CCC(C(F)(F)F)CC2)c1. The van der Waals surface area contributed by atoms with Crippen molar-refractivity contribution in [2.45, 2.75) is 30.1 Å². The van der Waals surface area contributed by atoms with Crippen LogP contribution >= 0.6 is 11.6 Å². The van der Waals surface area contributed by atoms with Gasteiger partial charge in [-0.3, -0.25) is 4.79 Å². The van der Waals surface area contributed by atoms with Crippen molar-refractivity contribution in [1.82, 2.24) is 0 Å². The summed E-state index contributed by atoms with van der Waals surface area (Å²) in [5, 5.41) is 1.74. The summed E-state index contributed by atoms with van der Waals surface area (Å²) in [7, 11) is -3.09. The number of piperidine rings is 1. The number of carbonyl (C=O) groups is 1. The molecule has 0 aromatic heterocycles. The molecule has 2 N–H and O–H groups in total. The van der Waals surface area contributed by atoms with E-state index in [1.807, 2.05) is 0 Å². The number of carbonyl (C=O) groups excluding carboxylic acids is 1. The summed E-state index contributed by atoms with van der Waals surface area (Å²) in [5.74, 6) is -2.43. The number of benzene rings is 2. The first-order valence-corrected chi connectivity index (χ1v) is 12.3. The Hall–Kier alpha value is -2.47. The van der Waals surface area contributed by atoms with Crippen LogP contribution in [0.2, 0.25) is 5.02 Å². The molecule has 3 rings (SSSR count). The van der Waals surface area contributed by atoms with Gasteiger partial charge in [0.25, 0.3) is 5.91 Å². The maximum atomic E-state index is 13.5. The van der Waals surface area contributed by atoms with Crippen molar-refractivity contribution in [3.05, 3.63) is 52.5 Å². The molecule has 0 aliphatic carbocycles. The normalized spacial score (nSPS) is 17.4. The third-order valence-electron chi connectivity index (χ3n) is 5.48. The zero-order valence-electron chi connectivity index (χ0n) is 17.7. The number of hydrogen-bond acceptors (Lipinski definition) is 4. The minimum Gasteiger partial charge on any atom is -0.371 e. The van der Waals surface area contributed by atoms with Gasteiger partial charge in [-0.25, -0.2) is 8.99 Å². The predicted molar refractivity (Wildman–Crippen MR) is 117 cm³/mol. The molecule has 1 aliphatic rings. The van der Waals surface area contributed by atoms with Crippen molar-refractivity contribution in [1.29, 1.82) is 4.78 Å². The van der Waals surface area contributed by atoms with E-state index < -0.39 is 44.5 Å². The molecule has 2 aromatic rings. The second-order valence-corrected chi connectivity index (χ2v) is 10.5. The highest BCUT2D eigenvalue weighted by molar-refractivity contribution is 7.91. The number of rotatable bonds is 4. The van der Waals surface area contributed by atoms with Gasteiger partial charge in [-0.2, -0.15) is 26.3 Å². The Balaban J connectivity index is 1.98. The van der Waals surface area contributed by atoms with Crippen LogP contribution in [-0.4, -0.2) is 35.6 Å². The summed E-state index contributed by atoms with van der Waals surface area (Å²) in [6.45, 7) is -0.398. The van der Waals surface area contributed by atoms with E-state index in [4.69, 9.17) is 16.4 Å². The Kier molecular flexibility index (Phi) is 7.14. The van der Waals surface area contributed by atoms with Crippen molar-refractivity contribution < 1.29 is 35.3 Å². The summed E-state index contributed by atoms with van der Waals surface area (Å²) in [6, 6.07) is 7.12. The molecule has 5 nitrogen and oxygen atoms in total. The molecule has 13 heteroatoms. The summed E-state index contributed by atoms with van der Waals surface area (Å²) in [6.07, 6.45) is -8.72. The van der Waals surface area contributed by atoms with E-state index in [1.54, 1.807) is 0 Å². The van der Waals surface area contributed by atoms with Gasteiger partial charge in [0.2, 0.25) is 0 Å². The van der Waals surface area contributed by atoms with Gasteiger partial charge in [-0.1, -0.05) is 17.7 Å². The van der Waals surface area contributed by atoms with Gasteiger partial charge in [0.05, 0.1) is 37.5 Å². The molecule has 0 saturated carbocycles. The molecule has 1 atom stereocenters. The van der Waals surface area contributed by atoms with E-state index in [0.717, 1.165) is 6.07 Å². The highest BCUT2D eigenvalue weighted by Gasteiger charge is 2.42. The lowest BCUT2D eigenvalue weighted by Crippen LogP contribution is -2.40. The molecule has 34 heavy (non-hydrogen) atoms. The van der Waals surface area contributed by atoms with Gasteiger partial charge >= 0.3 is 12.4 Å². The third-order valence-corrected chi connectivity index (χ3v) is 6.94. The molecule has 2 aromatic carbocycles. The Morgan fingerprint density at radius 3 is 2.26 bits per heavy atom. The largest absolute Gasteiger partial charge is 0.417 e. The van der Waals surface area contributed by atoms with Gasteiger partial charge in [0, 0.05) is 29.9 Å². The van der Waals surface area contributed by atoms with Crippen LogP contribution < -0.4 is 10.2 Å². The molecule has 1 fully saturated rings. The lowest BCUT2D eigenvalue weighted by atomic mass is 9.95. The van der Waals surface area contributed by atoms with Crippen LogP contribution in [0, 0.1) is 10.7 Å². The summed E-state index contributed by atoms with van der Waals surface area (Å²) < 4.78 is 99.1. The van der Waals surface area contributed by atoms with Gasteiger partial charge in [-0.15, -0.1) is 0 Å². The number of nitrogens with zero attached hydrogens (tertiary/aromatic N) is 1. The number of anilines is 2. The van der Waals surface area contributed by atoms with Crippen LogP contribution in [0.15, 0.2) is 41.3 Å². The molecule has 1 aliphatic heterocycles. The van der Waals surface area contributed by atoms with Crippen LogP contribution in [0.3, 0.4) is 0 Å². The minimum absolute atomic E-state index is 0.130. The second-order valence-electron chi connectivity index (χ2n) is 7.98. The Bertz CT molecular complexity index is 1190. The summed E-state index contributed by atoms with van der Waals surface area (Å²) in [4.78, 5) is 14.4. The van der Waals surface area contributed by atoms with Crippen LogP contribution in [0.5, 0.6) is 0 Å². The van der Waals surface area contributed by atoms with Crippen molar-refractivity contribution in [2.75, 3.05) is 29.6 Å². The quantitative estimate of drug-likeness (QED) is 0.450. The monoisotopic (exact) mass is 527 g/mol. The zero-order chi connectivity index (χ0) is 25.5. The van der Waals surface area contributed by atoms with Gasteiger partial charge in [-0.05, 0) is 43.2 Å². The molecule has 186 valence electrons. The molecule has 1 unspecified atom stereocenters. The fourth-order valence-electron chi connectivity index (χ4n) is 3.68. The fraction of sp³-hybridized carbons (Fsp3) is 0.381. The first-order valence-electron chi connectivity index (χ1n) is 9.95. The van der Waals surface area contributed by atoms with E-state index >= 15 is 0 Å². The molecule has 0 bridgehead atoms. The molecular formula is C21H20ClF6N3O2S. The number of alkyl halides is 6. The lowest BCUT2D eigenvalue weighted by molar-refractivity contribution is -0.179. The number of amides is 1. The van der Waals surface area contributed by atoms with Crippen LogP contribution in [0.1, 0.15) is 28.8 Å². The first-order chi connectivity index (χ1) is 15.6. The number of nitrogens with one attached hydrogen (secondary N) is 2. The van der Waals surface area contributed by atoms with Crippen LogP contribution in [0.25, 0.3) is 0 Å². The van der Waals surface area contributed by atoms with Gasteiger partial charge in [0.15, 0.2) is 0 Å². The number of hydrogen-bond donors (Lipinski definition) is 2. The average molecular weight is 528 g/mol. The smallest absolute Gasteiger partial charge is 0.371 e. The van der Waals surface area contributed by atoms with Crippen molar-refractivity contribution in [3.63, 3.8) is 0 Å². The number of halogens is 7. The Labute approximate surface area is 197 Å². The van der Waals surface area contributed by atoms with Crippen LogP contribution in [-0.2, 0) is 15.9 Å². The van der Waals surface area contributed by atoms with E-state index in [-0.39, 0.29) is 47.8 Å². The molecule has 0 spiro atoms. The maximum absolute atomic E-state index is 13.5. The van der Waals surface area contributed by atoms with E-state index in [1.165, 1.54) is 35.4 Å². The Morgan fingerprint density at radius 2 is 1.74 bits per heavy atom. The zero-order valence-corrected chi connectivity index (χ0v) is 19.3. The summed E-state index contributed by atoms with van der Waals surface area (Å²) in [5.41, 5.74) is -1.51. The standard InChI is InChI=1S/C21H20ClF6N3O2S/c1-34(29,33)14-4-2-3-13(9-14)30-19(32)15-10-17(22)16(21(26,27)28)11-18(15)31-7-5-12(6-8-31)20(23,24)25/h2-4,9-12,29H,5-8H2,1H3,(H,30,32). The van der Waals surface area contributed by atoms with Gasteiger partial charge < -0.3 is 10.2 Å². The second kappa shape index (κ2) is 9.29. The van der Waals surface area contributed by atoms with E-state index in [9.17, 15) is 35.3 Å². The molecule has 1 heterocycles. The van der Waals surface area contributed by atoms with Gasteiger partial charge in [0.1, 0.15) is 0 Å². The van der Waals surface area contributed by atoms with E-state index in [0.29, 0.717) is 6.07 Å². The van der Waals surface area contributed by atoms with Crippen molar-refractivity contribution in [3.8, 4) is 0 Å². The minimum atomic E-state index is -4.84. The molecule has 1 saturated heterocycles. The molecular weight excluding hydrogens is 508 g/mol. The molecule has 1 amide bonds. The first kappa shape index (κ1) is 26.1. The molecule has 0 radical (unpaired) electrons. The fourth-order valence-corrected chi connectivity index (χ4v) is 4.65. The van der Waals surface area contributed by atoms with Crippen molar-refractivity contribution in [2.24, 2.45) is 5.92 Å². The highest BCUT2D eigenvalue weighted by atomic mass is 35.5. The van der Waals surface area contributed by atoms with E-state index in [2.05, 4.69) is 5.32 Å². The lowest BCUT2D eigenvalue weighted by Gasteiger charge is -2.35.